The number of carbonyl (C=O) groups is 1. The molecule has 0 saturated heterocycles. The number of hydrogen-bond acceptors (Lipinski definition) is 4. The molecule has 0 aromatic heterocycles. The number of rotatable bonds is 6. The fourth-order valence-electron chi connectivity index (χ4n) is 2.89. The number of amides is 1. The number of nitrogens with zero attached hydrogens (tertiary/aromatic N) is 2. The molecule has 26 heavy (non-hydrogen) atoms. The zero-order chi connectivity index (χ0) is 19.1. The van der Waals surface area contributed by atoms with Crippen molar-refractivity contribution >= 4 is 11.6 Å². The molecule has 1 aliphatic carbocycles. The molecule has 0 heterocycles. The smallest absolute Gasteiger partial charge is 0.269 e. The van der Waals surface area contributed by atoms with Gasteiger partial charge >= 0.3 is 0 Å². The van der Waals surface area contributed by atoms with Crippen molar-refractivity contribution in [1.82, 2.24) is 4.90 Å². The van der Waals surface area contributed by atoms with Crippen LogP contribution in [0, 0.1) is 5.82 Å². The van der Waals surface area contributed by atoms with E-state index in [1.165, 1.54) is 17.0 Å². The molecule has 5 nitrogen and oxygen atoms in total. The van der Waals surface area contributed by atoms with E-state index in [2.05, 4.69) is 11.9 Å². The molecule has 1 amide bonds. The molecular weight excluding hydrogens is 333 g/mol. The molecule has 0 aliphatic heterocycles. The van der Waals surface area contributed by atoms with E-state index in [-0.39, 0.29) is 23.5 Å². The van der Waals surface area contributed by atoms with Gasteiger partial charge in [-0.15, -0.1) is 0 Å². The van der Waals surface area contributed by atoms with E-state index in [9.17, 15) is 9.18 Å². The number of nitrogens with two attached hydrogens (primary N) is 1. The van der Waals surface area contributed by atoms with Crippen LogP contribution >= 0.6 is 0 Å². The largest absolute Gasteiger partial charge is 0.394 e. The second kappa shape index (κ2) is 9.48. The summed E-state index contributed by atoms with van der Waals surface area (Å²) in [6, 6.07) is 6.28. The number of ether oxygens (including phenoxy) is 1. The Bertz CT molecular complexity index is 681. The highest BCUT2D eigenvalue weighted by Crippen LogP contribution is 2.27. The highest BCUT2D eigenvalue weighted by molar-refractivity contribution is 6.08. The second-order valence-corrected chi connectivity index (χ2v) is 6.72. The van der Waals surface area contributed by atoms with Gasteiger partial charge in [0.1, 0.15) is 11.5 Å². The van der Waals surface area contributed by atoms with Gasteiger partial charge in [-0.1, -0.05) is 19.1 Å². The first-order valence-corrected chi connectivity index (χ1v) is 9.02. The zero-order valence-electron chi connectivity index (χ0n) is 15.8. The summed E-state index contributed by atoms with van der Waals surface area (Å²) >= 11 is 0. The van der Waals surface area contributed by atoms with Gasteiger partial charge in [0.25, 0.3) is 5.91 Å². The molecule has 1 saturated carbocycles. The first-order chi connectivity index (χ1) is 12.4. The Kier molecular flexibility index (Phi) is 7.33. The molecule has 0 radical (unpaired) electrons. The predicted octanol–water partition coefficient (Wildman–Crippen LogP) is 3.05. The molecule has 1 aromatic rings. The van der Waals surface area contributed by atoms with Crippen LogP contribution in [0.2, 0.25) is 0 Å². The van der Waals surface area contributed by atoms with Gasteiger partial charge in [0.2, 0.25) is 0 Å². The zero-order valence-corrected chi connectivity index (χ0v) is 15.8. The molecule has 1 atom stereocenters. The lowest BCUT2D eigenvalue weighted by Gasteiger charge is -2.28. The summed E-state index contributed by atoms with van der Waals surface area (Å²) in [5, 5.41) is 0. The summed E-state index contributed by atoms with van der Waals surface area (Å²) in [6.07, 6.45) is 3.04. The van der Waals surface area contributed by atoms with Crippen LogP contribution in [-0.4, -0.2) is 43.3 Å². The summed E-state index contributed by atoms with van der Waals surface area (Å²) in [6.45, 7) is 3.20. The van der Waals surface area contributed by atoms with Gasteiger partial charge in [-0.2, -0.15) is 0 Å². The average molecular weight is 361 g/mol. The van der Waals surface area contributed by atoms with Crippen molar-refractivity contribution in [3.8, 4) is 0 Å². The normalized spacial score (nSPS) is 20.9. The minimum atomic E-state index is -0.261. The number of likely N-dealkylation sites (N-methyl/N-ethyl adjacent to an activating group) is 1. The van der Waals surface area contributed by atoms with Crippen LogP contribution in [0.5, 0.6) is 0 Å². The quantitative estimate of drug-likeness (QED) is 0.792. The van der Waals surface area contributed by atoms with Gasteiger partial charge in [0, 0.05) is 38.3 Å². The summed E-state index contributed by atoms with van der Waals surface area (Å²) < 4.78 is 19.0. The Balaban J connectivity index is 2.12. The lowest BCUT2D eigenvalue weighted by atomic mass is 9.88. The Morgan fingerprint density at radius 3 is 2.65 bits per heavy atom. The Hall–Kier alpha value is -2.21. The third kappa shape index (κ3) is 5.39. The Morgan fingerprint density at radius 2 is 2.04 bits per heavy atom. The van der Waals surface area contributed by atoms with Crippen molar-refractivity contribution in [2.75, 3.05) is 20.6 Å². The number of aliphatic imine (C=N–C) groups is 1. The van der Waals surface area contributed by atoms with Gasteiger partial charge in [-0.25, -0.2) is 4.39 Å². The molecule has 0 bridgehead atoms. The van der Waals surface area contributed by atoms with Gasteiger partial charge in [0.15, 0.2) is 0 Å². The van der Waals surface area contributed by atoms with Crippen LogP contribution in [0.15, 0.2) is 40.5 Å². The summed E-state index contributed by atoms with van der Waals surface area (Å²) in [4.78, 5) is 18.4. The van der Waals surface area contributed by atoms with Crippen molar-refractivity contribution in [3.63, 3.8) is 0 Å². The standard InChI is InChI=1S/C20H28FN3O2/c1-4-11-23-18-10-9-16(12-17(18)19(22)20(25)24(2)3)26-13-14-5-7-15(21)8-6-14/h5-8,16H,4,9-13,22H2,1-3H3/b19-17-,23-18?. The molecule has 6 heteroatoms. The minimum Gasteiger partial charge on any atom is -0.394 e. The van der Waals surface area contributed by atoms with Gasteiger partial charge < -0.3 is 15.4 Å². The minimum absolute atomic E-state index is 0.0378. The molecule has 142 valence electrons. The van der Waals surface area contributed by atoms with E-state index in [0.29, 0.717) is 13.0 Å². The summed E-state index contributed by atoms with van der Waals surface area (Å²) in [5.74, 6) is -0.466. The molecule has 1 aromatic carbocycles. The van der Waals surface area contributed by atoms with Gasteiger partial charge in [0.05, 0.1) is 12.7 Å². The van der Waals surface area contributed by atoms with Crippen LogP contribution in [-0.2, 0) is 16.1 Å². The number of benzene rings is 1. The second-order valence-electron chi connectivity index (χ2n) is 6.72. The maximum Gasteiger partial charge on any atom is 0.269 e. The average Bonchev–Trinajstić information content (AvgIpc) is 2.65. The van der Waals surface area contributed by atoms with Gasteiger partial charge in [-0.3, -0.25) is 9.79 Å². The van der Waals surface area contributed by atoms with Crippen LogP contribution in [0.1, 0.15) is 38.2 Å². The van der Waals surface area contributed by atoms with Crippen molar-refractivity contribution in [2.24, 2.45) is 10.7 Å². The molecule has 1 fully saturated rings. The van der Waals surface area contributed by atoms with E-state index >= 15 is 0 Å². The Labute approximate surface area is 154 Å². The fraction of sp³-hybridized carbons (Fsp3) is 0.500. The number of halogens is 1. The third-order valence-corrected chi connectivity index (χ3v) is 4.37. The van der Waals surface area contributed by atoms with E-state index in [0.717, 1.165) is 42.7 Å². The monoisotopic (exact) mass is 361 g/mol. The van der Waals surface area contributed by atoms with E-state index in [1.807, 2.05) is 0 Å². The highest BCUT2D eigenvalue weighted by Gasteiger charge is 2.27. The number of carbonyl (C=O) groups excluding carboxylic acids is 1. The molecule has 1 aliphatic rings. The maximum absolute atomic E-state index is 13.0. The van der Waals surface area contributed by atoms with Crippen LogP contribution in [0.4, 0.5) is 4.39 Å². The SMILES string of the molecule is CCCN=C1CCC(OCc2ccc(F)cc2)C/C1=C(/N)C(=O)N(C)C. The third-order valence-electron chi connectivity index (χ3n) is 4.37. The van der Waals surface area contributed by atoms with E-state index in [1.54, 1.807) is 26.2 Å². The lowest BCUT2D eigenvalue weighted by Crippen LogP contribution is -2.33. The lowest BCUT2D eigenvalue weighted by molar-refractivity contribution is -0.124. The first-order valence-electron chi connectivity index (χ1n) is 9.02. The molecule has 2 N–H and O–H groups in total. The van der Waals surface area contributed by atoms with Crippen molar-refractivity contribution in [1.29, 1.82) is 0 Å². The van der Waals surface area contributed by atoms with Gasteiger partial charge in [-0.05, 0) is 37.0 Å². The van der Waals surface area contributed by atoms with Crippen molar-refractivity contribution in [2.45, 2.75) is 45.3 Å². The highest BCUT2D eigenvalue weighted by atomic mass is 19.1. The molecule has 2 rings (SSSR count). The molecule has 0 spiro atoms. The first kappa shape index (κ1) is 20.1. The van der Waals surface area contributed by atoms with Crippen LogP contribution in [0.3, 0.4) is 0 Å². The summed E-state index contributed by atoms with van der Waals surface area (Å²) in [7, 11) is 3.37. The van der Waals surface area contributed by atoms with Crippen molar-refractivity contribution in [3.05, 3.63) is 46.9 Å². The van der Waals surface area contributed by atoms with Crippen LogP contribution in [0.25, 0.3) is 0 Å². The van der Waals surface area contributed by atoms with Crippen molar-refractivity contribution < 1.29 is 13.9 Å². The number of hydrogen-bond donors (Lipinski definition) is 1. The summed E-state index contributed by atoms with van der Waals surface area (Å²) in [5.41, 5.74) is 9.03. The maximum atomic E-state index is 13.0. The van der Waals surface area contributed by atoms with E-state index in [4.69, 9.17) is 10.5 Å². The van der Waals surface area contributed by atoms with E-state index < -0.39 is 0 Å². The predicted molar refractivity (Wildman–Crippen MR) is 101 cm³/mol. The topological polar surface area (TPSA) is 67.9 Å². The van der Waals surface area contributed by atoms with Crippen LogP contribution < -0.4 is 5.73 Å². The fourth-order valence-corrected chi connectivity index (χ4v) is 2.89. The Morgan fingerprint density at radius 1 is 1.35 bits per heavy atom. The molecule has 1 unspecified atom stereocenters. The molecular formula is C20H28FN3O2.